The third-order valence-corrected chi connectivity index (χ3v) is 4.40. The molecule has 0 unspecified atom stereocenters. The monoisotopic (exact) mass is 317 g/mol. The standard InChI is InChI=1S/C18H27N3O2/c1-3-15(18-14(2)8-7-11-19-18)20-16(22)10-13-21-12-6-4-5-9-17(21)23/h7-8,11,15H,3-6,9-10,12-13H2,1-2H3,(H,20,22)/t15-/m1/s1. The molecule has 2 amide bonds. The Morgan fingerprint density at radius 1 is 1.39 bits per heavy atom. The van der Waals surface area contributed by atoms with Crippen molar-refractivity contribution in [2.45, 2.75) is 58.4 Å². The Morgan fingerprint density at radius 3 is 2.96 bits per heavy atom. The lowest BCUT2D eigenvalue weighted by Crippen LogP contribution is -2.36. The second-order valence-electron chi connectivity index (χ2n) is 6.18. The molecular formula is C18H27N3O2. The van der Waals surface area contributed by atoms with Crippen molar-refractivity contribution in [1.29, 1.82) is 0 Å². The highest BCUT2D eigenvalue weighted by molar-refractivity contribution is 5.79. The summed E-state index contributed by atoms with van der Waals surface area (Å²) >= 11 is 0. The minimum Gasteiger partial charge on any atom is -0.348 e. The first-order chi connectivity index (χ1) is 11.1. The lowest BCUT2D eigenvalue weighted by molar-refractivity contribution is -0.131. The Hall–Kier alpha value is -1.91. The van der Waals surface area contributed by atoms with Gasteiger partial charge in [-0.05, 0) is 37.8 Å². The van der Waals surface area contributed by atoms with E-state index in [1.165, 1.54) is 0 Å². The molecule has 5 nitrogen and oxygen atoms in total. The lowest BCUT2D eigenvalue weighted by atomic mass is 10.1. The topological polar surface area (TPSA) is 62.3 Å². The van der Waals surface area contributed by atoms with Crippen molar-refractivity contribution in [3.05, 3.63) is 29.6 Å². The molecule has 23 heavy (non-hydrogen) atoms. The van der Waals surface area contributed by atoms with E-state index in [0.29, 0.717) is 19.4 Å². The number of aromatic nitrogens is 1. The van der Waals surface area contributed by atoms with E-state index in [4.69, 9.17) is 0 Å². The van der Waals surface area contributed by atoms with E-state index in [0.717, 1.165) is 43.5 Å². The first-order valence-electron chi connectivity index (χ1n) is 8.60. The Morgan fingerprint density at radius 2 is 2.22 bits per heavy atom. The summed E-state index contributed by atoms with van der Waals surface area (Å²) in [5.74, 6) is 0.168. The van der Waals surface area contributed by atoms with Crippen LogP contribution in [0.25, 0.3) is 0 Å². The van der Waals surface area contributed by atoms with Gasteiger partial charge in [-0.15, -0.1) is 0 Å². The molecule has 5 heteroatoms. The first kappa shape index (κ1) is 17.4. The molecule has 2 heterocycles. The molecule has 1 saturated heterocycles. The zero-order valence-electron chi connectivity index (χ0n) is 14.2. The van der Waals surface area contributed by atoms with Gasteiger partial charge in [0.1, 0.15) is 0 Å². The van der Waals surface area contributed by atoms with Crippen LogP contribution in [0.3, 0.4) is 0 Å². The molecule has 1 aromatic heterocycles. The Kier molecular flexibility index (Phi) is 6.56. The number of aryl methyl sites for hydroxylation is 1. The van der Waals surface area contributed by atoms with E-state index >= 15 is 0 Å². The van der Waals surface area contributed by atoms with Gasteiger partial charge >= 0.3 is 0 Å². The number of nitrogens with zero attached hydrogens (tertiary/aromatic N) is 2. The van der Waals surface area contributed by atoms with Crippen molar-refractivity contribution in [2.75, 3.05) is 13.1 Å². The normalized spacial score (nSPS) is 16.8. The van der Waals surface area contributed by atoms with E-state index in [1.807, 2.05) is 30.9 Å². The summed E-state index contributed by atoms with van der Waals surface area (Å²) in [5.41, 5.74) is 2.01. The Bertz CT molecular complexity index is 545. The molecule has 0 aromatic carbocycles. The number of likely N-dealkylation sites (tertiary alicyclic amines) is 1. The third-order valence-electron chi connectivity index (χ3n) is 4.40. The smallest absolute Gasteiger partial charge is 0.222 e. The fourth-order valence-electron chi connectivity index (χ4n) is 3.00. The van der Waals surface area contributed by atoms with Gasteiger partial charge in [-0.2, -0.15) is 0 Å². The summed E-state index contributed by atoms with van der Waals surface area (Å²) in [5, 5.41) is 3.05. The van der Waals surface area contributed by atoms with E-state index in [9.17, 15) is 9.59 Å². The Balaban J connectivity index is 1.88. The maximum atomic E-state index is 12.3. The molecule has 0 saturated carbocycles. The number of nitrogens with one attached hydrogen (secondary N) is 1. The maximum Gasteiger partial charge on any atom is 0.222 e. The van der Waals surface area contributed by atoms with Gasteiger partial charge < -0.3 is 10.2 Å². The summed E-state index contributed by atoms with van der Waals surface area (Å²) < 4.78 is 0. The molecule has 1 atom stereocenters. The predicted molar refractivity (Wildman–Crippen MR) is 89.8 cm³/mol. The lowest BCUT2D eigenvalue weighted by Gasteiger charge is -2.22. The molecule has 2 rings (SSSR count). The summed E-state index contributed by atoms with van der Waals surface area (Å²) in [4.78, 5) is 30.4. The van der Waals surface area contributed by atoms with E-state index < -0.39 is 0 Å². The number of carbonyl (C=O) groups is 2. The van der Waals surface area contributed by atoms with Gasteiger partial charge in [0, 0.05) is 32.1 Å². The quantitative estimate of drug-likeness (QED) is 0.877. The minimum absolute atomic E-state index is 0.0149. The van der Waals surface area contributed by atoms with Gasteiger partial charge in [0.05, 0.1) is 11.7 Å². The number of pyridine rings is 1. The van der Waals surface area contributed by atoms with Gasteiger partial charge in [0.15, 0.2) is 0 Å². The van der Waals surface area contributed by atoms with Crippen LogP contribution in [-0.2, 0) is 9.59 Å². The minimum atomic E-state index is -0.0662. The van der Waals surface area contributed by atoms with Crippen molar-refractivity contribution < 1.29 is 9.59 Å². The average Bonchev–Trinajstić information content (AvgIpc) is 2.76. The van der Waals surface area contributed by atoms with Gasteiger partial charge in [-0.1, -0.05) is 19.4 Å². The second-order valence-corrected chi connectivity index (χ2v) is 6.18. The second kappa shape index (κ2) is 8.65. The van der Waals surface area contributed by atoms with Crippen LogP contribution in [0.2, 0.25) is 0 Å². The Labute approximate surface area is 138 Å². The summed E-state index contributed by atoms with van der Waals surface area (Å²) in [6.07, 6.45) is 6.64. The third kappa shape index (κ3) is 5.05. The molecule has 0 radical (unpaired) electrons. The number of hydrogen-bond donors (Lipinski definition) is 1. The molecular weight excluding hydrogens is 290 g/mol. The molecule has 0 aliphatic carbocycles. The maximum absolute atomic E-state index is 12.3. The molecule has 1 fully saturated rings. The predicted octanol–water partition coefficient (Wildman–Crippen LogP) is 2.75. The highest BCUT2D eigenvalue weighted by Crippen LogP contribution is 2.18. The number of carbonyl (C=O) groups excluding carboxylic acids is 2. The van der Waals surface area contributed by atoms with Crippen molar-refractivity contribution in [3.8, 4) is 0 Å². The van der Waals surface area contributed by atoms with Crippen LogP contribution in [0.1, 0.15) is 62.7 Å². The molecule has 1 aliphatic heterocycles. The molecule has 126 valence electrons. The fourth-order valence-corrected chi connectivity index (χ4v) is 3.00. The summed E-state index contributed by atoms with van der Waals surface area (Å²) in [6.45, 7) is 5.34. The van der Waals surface area contributed by atoms with Crippen LogP contribution in [0.5, 0.6) is 0 Å². The van der Waals surface area contributed by atoms with Gasteiger partial charge in [-0.3, -0.25) is 14.6 Å². The van der Waals surface area contributed by atoms with E-state index in [2.05, 4.69) is 10.3 Å². The van der Waals surface area contributed by atoms with Crippen molar-refractivity contribution >= 4 is 11.8 Å². The van der Waals surface area contributed by atoms with Crippen LogP contribution in [0.4, 0.5) is 0 Å². The SMILES string of the molecule is CC[C@@H](NC(=O)CCN1CCCCCC1=O)c1ncccc1C. The summed E-state index contributed by atoms with van der Waals surface area (Å²) in [6, 6.07) is 3.84. The first-order valence-corrected chi connectivity index (χ1v) is 8.60. The zero-order chi connectivity index (χ0) is 16.7. The van der Waals surface area contributed by atoms with Crippen molar-refractivity contribution in [3.63, 3.8) is 0 Å². The van der Waals surface area contributed by atoms with Gasteiger partial charge in [0.25, 0.3) is 0 Å². The fraction of sp³-hybridized carbons (Fsp3) is 0.611. The number of hydrogen-bond acceptors (Lipinski definition) is 3. The average molecular weight is 317 g/mol. The van der Waals surface area contributed by atoms with Gasteiger partial charge in [0.2, 0.25) is 11.8 Å². The highest BCUT2D eigenvalue weighted by atomic mass is 16.2. The van der Waals surface area contributed by atoms with E-state index in [-0.39, 0.29) is 17.9 Å². The summed E-state index contributed by atoms with van der Waals surface area (Å²) in [7, 11) is 0. The van der Waals surface area contributed by atoms with Crippen molar-refractivity contribution in [2.24, 2.45) is 0 Å². The van der Waals surface area contributed by atoms with Crippen molar-refractivity contribution in [1.82, 2.24) is 15.2 Å². The highest BCUT2D eigenvalue weighted by Gasteiger charge is 2.19. The van der Waals surface area contributed by atoms with Crippen LogP contribution in [0.15, 0.2) is 18.3 Å². The largest absolute Gasteiger partial charge is 0.348 e. The molecule has 0 bridgehead atoms. The zero-order valence-corrected chi connectivity index (χ0v) is 14.2. The van der Waals surface area contributed by atoms with Gasteiger partial charge in [-0.25, -0.2) is 0 Å². The van der Waals surface area contributed by atoms with Crippen LogP contribution >= 0.6 is 0 Å². The van der Waals surface area contributed by atoms with Crippen LogP contribution in [0, 0.1) is 6.92 Å². The number of rotatable bonds is 6. The molecule has 0 spiro atoms. The number of amides is 2. The van der Waals surface area contributed by atoms with Crippen LogP contribution < -0.4 is 5.32 Å². The molecule has 1 aliphatic rings. The van der Waals surface area contributed by atoms with E-state index in [1.54, 1.807) is 6.20 Å². The molecule has 1 aromatic rings. The molecule has 1 N–H and O–H groups in total. The van der Waals surface area contributed by atoms with Crippen LogP contribution in [-0.4, -0.2) is 34.8 Å².